The number of aromatic nitrogens is 4. The summed E-state index contributed by atoms with van der Waals surface area (Å²) < 4.78 is 0. The van der Waals surface area contributed by atoms with E-state index in [0.29, 0.717) is 29.7 Å². The van der Waals surface area contributed by atoms with Gasteiger partial charge in [0.1, 0.15) is 0 Å². The van der Waals surface area contributed by atoms with Crippen molar-refractivity contribution in [1.82, 2.24) is 19.9 Å². The van der Waals surface area contributed by atoms with Gasteiger partial charge in [-0.15, -0.1) is 22.1 Å². The number of carboxylic acid groups (broad SMARTS) is 2. The molecule has 2 N–H and O–H groups in total. The van der Waals surface area contributed by atoms with Gasteiger partial charge in [0.25, 0.3) is 0 Å². The minimum Gasteiger partial charge on any atom is -0.657 e. The fraction of sp³-hybridized carbons (Fsp3) is 0.273. The van der Waals surface area contributed by atoms with Crippen LogP contribution in [0.3, 0.4) is 0 Å². The van der Waals surface area contributed by atoms with E-state index in [-0.39, 0.29) is 29.9 Å². The summed E-state index contributed by atoms with van der Waals surface area (Å²) in [6, 6.07) is 7.71. The zero-order chi connectivity index (χ0) is 29.6. The number of hydrogen-bond acceptors (Lipinski definition) is 4. The van der Waals surface area contributed by atoms with Gasteiger partial charge in [0.15, 0.2) is 0 Å². The van der Waals surface area contributed by atoms with Gasteiger partial charge in [-0.1, -0.05) is 53.1 Å². The predicted octanol–water partition coefficient (Wildman–Crippen LogP) is 6.43. The Morgan fingerprint density at radius 3 is 1.88 bits per heavy atom. The monoisotopic (exact) mass is 604 g/mol. The number of hydrogen-bond donors (Lipinski definition) is 2. The number of fused-ring (bicyclic) bond motifs is 8. The molecule has 0 aromatic carbocycles. The first kappa shape index (κ1) is 30.8. The Hall–Kier alpha value is -4.20. The number of allylic oxidation sites excluding steroid dienone is 5. The summed E-state index contributed by atoms with van der Waals surface area (Å²) in [5, 5.41) is 18.8. The third-order valence-corrected chi connectivity index (χ3v) is 8.13. The average molecular weight is 604 g/mol. The zero-order valence-corrected chi connectivity index (χ0v) is 25.4. The molecular weight excluding hydrogens is 572 g/mol. The summed E-state index contributed by atoms with van der Waals surface area (Å²) in [4.78, 5) is 42.7. The van der Waals surface area contributed by atoms with Gasteiger partial charge in [-0.2, -0.15) is 0 Å². The van der Waals surface area contributed by atoms with Gasteiger partial charge >= 0.3 is 29.0 Å². The first-order valence-corrected chi connectivity index (χ1v) is 13.6. The summed E-state index contributed by atoms with van der Waals surface area (Å²) >= 11 is 0. The van der Waals surface area contributed by atoms with Gasteiger partial charge in [-0.05, 0) is 70.2 Å². The summed E-state index contributed by atoms with van der Waals surface area (Å²) in [7, 11) is 0. The van der Waals surface area contributed by atoms with Gasteiger partial charge in [0.2, 0.25) is 0 Å². The van der Waals surface area contributed by atoms with Crippen LogP contribution in [0.5, 0.6) is 0 Å². The van der Waals surface area contributed by atoms with Crippen LogP contribution in [-0.4, -0.2) is 32.1 Å². The molecule has 0 saturated heterocycles. The van der Waals surface area contributed by atoms with Crippen LogP contribution in [0.2, 0.25) is 0 Å². The van der Waals surface area contributed by atoms with Crippen molar-refractivity contribution in [3.8, 4) is 0 Å². The number of carbonyl (C=O) groups is 2. The Morgan fingerprint density at radius 2 is 1.24 bits per heavy atom. The molecule has 5 heterocycles. The molecule has 2 aliphatic rings. The first-order valence-electron chi connectivity index (χ1n) is 13.6. The molecule has 0 radical (unpaired) electrons. The minimum absolute atomic E-state index is 0. The van der Waals surface area contributed by atoms with Crippen LogP contribution >= 0.6 is 0 Å². The summed E-state index contributed by atoms with van der Waals surface area (Å²) in [5.74, 6) is -1.78. The molecule has 3 aromatic heterocycles. The molecule has 8 nitrogen and oxygen atoms in total. The summed E-state index contributed by atoms with van der Waals surface area (Å²) in [5.41, 5.74) is 13.2. The van der Waals surface area contributed by atoms with E-state index in [0.717, 1.165) is 72.5 Å². The predicted molar refractivity (Wildman–Crippen MR) is 161 cm³/mol. The molecule has 9 heteroatoms. The molecule has 5 rings (SSSR count). The summed E-state index contributed by atoms with van der Waals surface area (Å²) in [6.45, 7) is 14.0. The quantitative estimate of drug-likeness (QED) is 0.296. The number of carboxylic acids is 2. The Morgan fingerprint density at radius 1 is 0.714 bits per heavy atom. The van der Waals surface area contributed by atoms with Gasteiger partial charge < -0.3 is 20.2 Å². The Labute approximate surface area is 254 Å². The second-order valence-corrected chi connectivity index (χ2v) is 10.6. The van der Waals surface area contributed by atoms with E-state index in [2.05, 4.69) is 6.58 Å². The Kier molecular flexibility index (Phi) is 8.76. The van der Waals surface area contributed by atoms with Crippen LogP contribution in [0, 0.1) is 20.8 Å². The van der Waals surface area contributed by atoms with Crippen molar-refractivity contribution in [1.29, 1.82) is 0 Å². The maximum atomic E-state index is 11.5. The maximum absolute atomic E-state index is 11.5. The van der Waals surface area contributed by atoms with Crippen molar-refractivity contribution in [3.63, 3.8) is 0 Å². The molecular formula is C33H32FeN4O4. The zero-order valence-electron chi connectivity index (χ0n) is 24.3. The maximum Gasteiger partial charge on any atom is 2.00 e. The molecule has 0 fully saturated rings. The van der Waals surface area contributed by atoms with Gasteiger partial charge in [0.05, 0.1) is 22.8 Å². The Bertz CT molecular complexity index is 1870. The molecule has 42 heavy (non-hydrogen) atoms. The smallest absolute Gasteiger partial charge is 0.657 e. The second kappa shape index (κ2) is 12.0. The van der Waals surface area contributed by atoms with Gasteiger partial charge in [-0.3, -0.25) is 9.59 Å². The van der Waals surface area contributed by atoms with Crippen LogP contribution < -0.4 is 9.97 Å². The molecule has 0 atom stereocenters. The summed E-state index contributed by atoms with van der Waals surface area (Å²) in [6.07, 6.45) is 2.35. The molecule has 0 aliphatic carbocycles. The normalized spacial score (nSPS) is 12.9. The molecule has 0 spiro atoms. The third kappa shape index (κ3) is 5.62. The van der Waals surface area contributed by atoms with E-state index >= 15 is 0 Å². The van der Waals surface area contributed by atoms with E-state index in [4.69, 9.17) is 19.9 Å². The molecule has 0 saturated carbocycles. The van der Waals surface area contributed by atoms with Crippen LogP contribution in [0.25, 0.3) is 44.4 Å². The molecule has 3 aromatic rings. The second-order valence-electron chi connectivity index (χ2n) is 10.6. The van der Waals surface area contributed by atoms with Crippen LogP contribution in [0.15, 0.2) is 36.9 Å². The molecule has 0 amide bonds. The van der Waals surface area contributed by atoms with Crippen molar-refractivity contribution in [2.75, 3.05) is 0 Å². The van der Waals surface area contributed by atoms with Gasteiger partial charge in [0, 0.05) is 18.4 Å². The van der Waals surface area contributed by atoms with E-state index in [1.54, 1.807) is 6.08 Å². The van der Waals surface area contributed by atoms with Gasteiger partial charge in [-0.25, -0.2) is 9.97 Å². The molecule has 0 unspecified atom stereocenters. The van der Waals surface area contributed by atoms with Crippen molar-refractivity contribution in [2.45, 2.75) is 60.3 Å². The number of aliphatic carboxylic acids is 2. The van der Waals surface area contributed by atoms with E-state index < -0.39 is 11.9 Å². The Balaban J connectivity index is 0.00000405. The molecule has 216 valence electrons. The van der Waals surface area contributed by atoms with Crippen molar-refractivity contribution in [2.24, 2.45) is 0 Å². The van der Waals surface area contributed by atoms with Crippen molar-refractivity contribution >= 4 is 56.3 Å². The van der Waals surface area contributed by atoms with Crippen molar-refractivity contribution in [3.05, 3.63) is 81.9 Å². The van der Waals surface area contributed by atoms with Crippen molar-refractivity contribution < 1.29 is 36.9 Å². The topological polar surface area (TPSA) is 129 Å². The fourth-order valence-electron chi connectivity index (χ4n) is 5.46. The SMILES string of the molecule is C=CC1=C(C)c2cc3nc(cc4[n-]c(cc5[n-]c(cc1n2)c(C)c5C)c(C)c4CCC(=O)O)C(CCC(=O)O)=C3C.[Fe+2]. The van der Waals surface area contributed by atoms with Crippen LogP contribution in [0.1, 0.15) is 78.1 Å². The third-order valence-electron chi connectivity index (χ3n) is 8.13. The van der Waals surface area contributed by atoms with Crippen LogP contribution in [-0.2, 0) is 33.1 Å². The molecule has 2 aliphatic heterocycles. The van der Waals surface area contributed by atoms with Crippen LogP contribution in [0.4, 0.5) is 0 Å². The number of aryl methyl sites for hydroxylation is 4. The van der Waals surface area contributed by atoms with E-state index in [1.165, 1.54) is 0 Å². The largest absolute Gasteiger partial charge is 2.00 e. The fourth-order valence-corrected chi connectivity index (χ4v) is 5.46. The average Bonchev–Trinajstić information content (AvgIpc) is 3.56. The number of nitrogens with zero attached hydrogens (tertiary/aromatic N) is 4. The minimum atomic E-state index is -0.891. The molecule has 8 bridgehead atoms. The standard InChI is InChI=1S/C33H34N4O4.Fe/c1-7-21-18(4)26-13-28-20(6)23(9-11-33(40)41)31(37-28)15-30-22(8-10-32(38)39)19(5)27(36-30)12-24-16(2)17(3)25(34-24)14-29(21)35-26;/h7,12-15H,1,8-11H2,2-6H3,(H4,34,35,36,37,38,39,40,41);/q;+2/p-2. The van der Waals surface area contributed by atoms with E-state index in [9.17, 15) is 19.8 Å². The first-order chi connectivity index (χ1) is 19.5. The van der Waals surface area contributed by atoms with E-state index in [1.807, 2.05) is 58.9 Å². The number of rotatable bonds is 7.